The van der Waals surface area contributed by atoms with Crippen LogP contribution in [0.3, 0.4) is 0 Å². The minimum absolute atomic E-state index is 0.000940. The van der Waals surface area contributed by atoms with Crippen LogP contribution in [0, 0.1) is 21.7 Å². The van der Waals surface area contributed by atoms with Gasteiger partial charge in [-0.15, -0.1) is 0 Å². The zero-order chi connectivity index (χ0) is 14.4. The van der Waals surface area contributed by atoms with E-state index >= 15 is 0 Å². The molecule has 1 rings (SSSR count). The highest BCUT2D eigenvalue weighted by atomic mass is 19.2. The van der Waals surface area contributed by atoms with Gasteiger partial charge in [0.2, 0.25) is 5.91 Å². The van der Waals surface area contributed by atoms with Gasteiger partial charge in [0.1, 0.15) is 0 Å². The number of anilines is 1. The van der Waals surface area contributed by atoms with Crippen LogP contribution in [-0.4, -0.2) is 23.9 Å². The maximum Gasteiger partial charge on any atom is 0.295 e. The first-order valence-electron chi connectivity index (χ1n) is 5.60. The van der Waals surface area contributed by atoms with Crippen molar-refractivity contribution >= 4 is 17.3 Å². The van der Waals surface area contributed by atoms with Crippen molar-refractivity contribution in [2.45, 2.75) is 13.3 Å². The summed E-state index contributed by atoms with van der Waals surface area (Å²) in [5, 5.41) is 15.6. The van der Waals surface area contributed by atoms with Gasteiger partial charge in [0, 0.05) is 25.6 Å². The van der Waals surface area contributed by atoms with Gasteiger partial charge in [0.05, 0.1) is 4.92 Å². The van der Waals surface area contributed by atoms with Crippen molar-refractivity contribution < 1.29 is 18.5 Å². The van der Waals surface area contributed by atoms with Crippen LogP contribution < -0.4 is 10.6 Å². The quantitative estimate of drug-likeness (QED) is 0.611. The summed E-state index contributed by atoms with van der Waals surface area (Å²) in [6.07, 6.45) is 0.000940. The number of nitro benzene ring substituents is 1. The number of hydrogen-bond acceptors (Lipinski definition) is 4. The summed E-state index contributed by atoms with van der Waals surface area (Å²) >= 11 is 0. The van der Waals surface area contributed by atoms with Crippen molar-refractivity contribution in [3.05, 3.63) is 33.9 Å². The Morgan fingerprint density at radius 3 is 2.68 bits per heavy atom. The average molecular weight is 273 g/mol. The summed E-state index contributed by atoms with van der Waals surface area (Å²) < 4.78 is 26.5. The smallest absolute Gasteiger partial charge is 0.295 e. The van der Waals surface area contributed by atoms with E-state index in [0.29, 0.717) is 12.6 Å². The van der Waals surface area contributed by atoms with Crippen LogP contribution in [0.2, 0.25) is 0 Å². The van der Waals surface area contributed by atoms with E-state index in [4.69, 9.17) is 0 Å². The van der Waals surface area contributed by atoms with Crippen LogP contribution in [0.1, 0.15) is 13.3 Å². The Labute approximate surface area is 108 Å². The molecular weight excluding hydrogens is 260 g/mol. The van der Waals surface area contributed by atoms with Crippen LogP contribution in [0.4, 0.5) is 20.2 Å². The topological polar surface area (TPSA) is 84.3 Å². The van der Waals surface area contributed by atoms with Gasteiger partial charge in [0.15, 0.2) is 17.3 Å². The molecule has 0 aliphatic heterocycles. The van der Waals surface area contributed by atoms with Crippen molar-refractivity contribution in [3.63, 3.8) is 0 Å². The van der Waals surface area contributed by atoms with Crippen LogP contribution in [-0.2, 0) is 4.79 Å². The summed E-state index contributed by atoms with van der Waals surface area (Å²) in [6.45, 7) is 2.16. The zero-order valence-corrected chi connectivity index (χ0v) is 10.2. The number of hydrogen-bond donors (Lipinski definition) is 2. The number of carbonyl (C=O) groups is 1. The fourth-order valence-corrected chi connectivity index (χ4v) is 1.45. The lowest BCUT2D eigenvalue weighted by atomic mass is 10.2. The molecule has 8 heteroatoms. The van der Waals surface area contributed by atoms with E-state index in [2.05, 4.69) is 10.6 Å². The van der Waals surface area contributed by atoms with E-state index in [1.165, 1.54) is 0 Å². The first-order valence-corrected chi connectivity index (χ1v) is 5.60. The minimum Gasteiger partial charge on any atom is -0.376 e. The molecule has 1 amide bonds. The Balaban J connectivity index is 2.79. The fraction of sp³-hybridized carbons (Fsp3) is 0.364. The molecule has 1 aromatic rings. The molecule has 0 fully saturated rings. The summed E-state index contributed by atoms with van der Waals surface area (Å²) in [4.78, 5) is 21.0. The first kappa shape index (κ1) is 14.8. The Kier molecular flexibility index (Phi) is 5.16. The third-order valence-corrected chi connectivity index (χ3v) is 2.30. The highest BCUT2D eigenvalue weighted by Crippen LogP contribution is 2.28. The predicted octanol–water partition coefficient (Wildman–Crippen LogP) is 1.81. The van der Waals surface area contributed by atoms with Crippen molar-refractivity contribution in [3.8, 4) is 0 Å². The van der Waals surface area contributed by atoms with Crippen molar-refractivity contribution in [2.75, 3.05) is 18.4 Å². The van der Waals surface area contributed by atoms with Crippen molar-refractivity contribution in [1.29, 1.82) is 0 Å². The molecule has 0 saturated heterocycles. The fourth-order valence-electron chi connectivity index (χ4n) is 1.45. The molecule has 0 aliphatic rings. The molecule has 6 nitrogen and oxygen atoms in total. The SMILES string of the molecule is CCNC(=O)CCNc1c([N+](=O)[O-])ccc(F)c1F. The largest absolute Gasteiger partial charge is 0.376 e. The van der Waals surface area contributed by atoms with E-state index < -0.39 is 27.9 Å². The molecule has 0 radical (unpaired) electrons. The highest BCUT2D eigenvalue weighted by molar-refractivity contribution is 5.76. The minimum atomic E-state index is -1.33. The Morgan fingerprint density at radius 2 is 2.11 bits per heavy atom. The third-order valence-electron chi connectivity index (χ3n) is 2.30. The van der Waals surface area contributed by atoms with Gasteiger partial charge in [0.25, 0.3) is 5.69 Å². The lowest BCUT2D eigenvalue weighted by Crippen LogP contribution is -2.25. The van der Waals surface area contributed by atoms with Gasteiger partial charge in [-0.2, -0.15) is 0 Å². The normalized spacial score (nSPS) is 10.1. The molecule has 0 spiro atoms. The van der Waals surface area contributed by atoms with Crippen molar-refractivity contribution in [1.82, 2.24) is 5.32 Å². The summed E-state index contributed by atoms with van der Waals surface area (Å²) in [6, 6.07) is 1.55. The molecule has 2 N–H and O–H groups in total. The van der Waals surface area contributed by atoms with Crippen LogP contribution in [0.5, 0.6) is 0 Å². The average Bonchev–Trinajstić information content (AvgIpc) is 2.34. The second kappa shape index (κ2) is 6.62. The summed E-state index contributed by atoms with van der Waals surface area (Å²) in [7, 11) is 0. The van der Waals surface area contributed by atoms with E-state index in [1.54, 1.807) is 6.92 Å². The lowest BCUT2D eigenvalue weighted by molar-refractivity contribution is -0.384. The molecule has 104 valence electrons. The maximum atomic E-state index is 13.5. The molecule has 0 bridgehead atoms. The van der Waals surface area contributed by atoms with Crippen LogP contribution >= 0.6 is 0 Å². The second-order valence-corrected chi connectivity index (χ2v) is 3.64. The number of nitro groups is 1. The molecule has 0 saturated carbocycles. The third kappa shape index (κ3) is 3.87. The predicted molar refractivity (Wildman–Crippen MR) is 64.8 cm³/mol. The Hall–Kier alpha value is -2.25. The lowest BCUT2D eigenvalue weighted by Gasteiger charge is -2.08. The Morgan fingerprint density at radius 1 is 1.42 bits per heavy atom. The number of carbonyl (C=O) groups excluding carboxylic acids is 1. The molecule has 0 aromatic heterocycles. The number of amides is 1. The van der Waals surface area contributed by atoms with Gasteiger partial charge in [-0.05, 0) is 13.0 Å². The van der Waals surface area contributed by atoms with E-state index in [-0.39, 0.29) is 18.9 Å². The van der Waals surface area contributed by atoms with Gasteiger partial charge in [-0.3, -0.25) is 14.9 Å². The first-order chi connectivity index (χ1) is 8.97. The van der Waals surface area contributed by atoms with E-state index in [1.807, 2.05) is 0 Å². The number of halogens is 2. The summed E-state index contributed by atoms with van der Waals surface area (Å²) in [5.74, 6) is -2.80. The van der Waals surface area contributed by atoms with Gasteiger partial charge < -0.3 is 10.6 Å². The van der Waals surface area contributed by atoms with Gasteiger partial charge in [-0.1, -0.05) is 0 Å². The molecule has 19 heavy (non-hydrogen) atoms. The maximum absolute atomic E-state index is 13.5. The molecule has 0 unspecified atom stereocenters. The number of rotatable bonds is 6. The van der Waals surface area contributed by atoms with E-state index in [0.717, 1.165) is 6.07 Å². The number of nitrogens with one attached hydrogen (secondary N) is 2. The van der Waals surface area contributed by atoms with Gasteiger partial charge in [-0.25, -0.2) is 8.78 Å². The zero-order valence-electron chi connectivity index (χ0n) is 10.2. The molecular formula is C11H13F2N3O3. The standard InChI is InChI=1S/C11H13F2N3O3/c1-2-14-9(17)5-6-15-11-8(16(18)19)4-3-7(12)10(11)13/h3-4,15H,2,5-6H2,1H3,(H,14,17). The highest BCUT2D eigenvalue weighted by Gasteiger charge is 2.21. The number of nitrogens with zero attached hydrogens (tertiary/aromatic N) is 1. The second-order valence-electron chi connectivity index (χ2n) is 3.64. The van der Waals surface area contributed by atoms with Crippen LogP contribution in [0.25, 0.3) is 0 Å². The molecule has 0 aliphatic carbocycles. The van der Waals surface area contributed by atoms with Gasteiger partial charge >= 0.3 is 0 Å². The van der Waals surface area contributed by atoms with Crippen LogP contribution in [0.15, 0.2) is 12.1 Å². The summed E-state index contributed by atoms with van der Waals surface area (Å²) in [5.41, 5.74) is -1.12. The monoisotopic (exact) mass is 273 g/mol. The number of benzene rings is 1. The molecule has 1 aromatic carbocycles. The molecule has 0 heterocycles. The van der Waals surface area contributed by atoms with E-state index in [9.17, 15) is 23.7 Å². The molecule has 0 atom stereocenters. The van der Waals surface area contributed by atoms with Crippen molar-refractivity contribution in [2.24, 2.45) is 0 Å². The Bertz CT molecular complexity index is 494.